The van der Waals surface area contributed by atoms with Crippen molar-refractivity contribution in [3.63, 3.8) is 0 Å². The minimum atomic E-state index is 0.316. The molecule has 0 amide bonds. The minimum Gasteiger partial charge on any atom is -0.303 e. The van der Waals surface area contributed by atoms with Crippen molar-refractivity contribution in [3.8, 4) is 0 Å². The summed E-state index contributed by atoms with van der Waals surface area (Å²) in [6.45, 7) is 7.38. The maximum atomic E-state index is 4.47. The van der Waals surface area contributed by atoms with Crippen LogP contribution in [0, 0.1) is 6.92 Å². The predicted octanol–water partition coefficient (Wildman–Crippen LogP) is 4.69. The van der Waals surface area contributed by atoms with E-state index in [0.717, 1.165) is 13.0 Å². The van der Waals surface area contributed by atoms with Crippen LogP contribution in [0.5, 0.6) is 0 Å². The van der Waals surface area contributed by atoms with Gasteiger partial charge in [0.1, 0.15) is 5.01 Å². The number of hydrogen-bond donors (Lipinski definition) is 1. The van der Waals surface area contributed by atoms with Crippen LogP contribution in [0.2, 0.25) is 0 Å². The molecule has 0 bridgehead atoms. The highest BCUT2D eigenvalue weighted by atomic mass is 79.9. The molecule has 5 heteroatoms. The number of thiazole rings is 1. The Morgan fingerprint density at radius 1 is 1.39 bits per heavy atom. The Morgan fingerprint density at radius 2 is 2.17 bits per heavy atom. The summed E-state index contributed by atoms with van der Waals surface area (Å²) in [5.74, 6) is 0. The maximum Gasteiger partial charge on any atom is 0.109 e. The lowest BCUT2D eigenvalue weighted by Gasteiger charge is -2.09. The van der Waals surface area contributed by atoms with Crippen molar-refractivity contribution in [3.05, 3.63) is 36.4 Å². The van der Waals surface area contributed by atoms with E-state index in [4.69, 9.17) is 0 Å². The first-order valence-electron chi connectivity index (χ1n) is 6.03. The monoisotopic (exact) mass is 344 g/mol. The Bertz CT molecular complexity index is 499. The van der Waals surface area contributed by atoms with E-state index in [2.05, 4.69) is 53.1 Å². The molecule has 0 aromatic carbocycles. The zero-order chi connectivity index (χ0) is 13.1. The van der Waals surface area contributed by atoms with E-state index in [1.807, 2.05) is 17.5 Å². The topological polar surface area (TPSA) is 24.9 Å². The van der Waals surface area contributed by atoms with Gasteiger partial charge < -0.3 is 5.32 Å². The molecule has 98 valence electrons. The third kappa shape index (κ3) is 3.41. The molecule has 0 radical (unpaired) electrons. The van der Waals surface area contributed by atoms with E-state index in [1.54, 1.807) is 11.3 Å². The van der Waals surface area contributed by atoms with E-state index in [1.165, 1.54) is 24.1 Å². The average Bonchev–Trinajstić information content (AvgIpc) is 2.94. The quantitative estimate of drug-likeness (QED) is 0.850. The number of nitrogens with one attached hydrogen (secondary N) is 1. The van der Waals surface area contributed by atoms with Crippen LogP contribution in [0.1, 0.15) is 39.5 Å². The third-order valence-electron chi connectivity index (χ3n) is 2.78. The highest BCUT2D eigenvalue weighted by molar-refractivity contribution is 9.10. The van der Waals surface area contributed by atoms with Crippen LogP contribution in [0.25, 0.3) is 0 Å². The molecule has 0 fully saturated rings. The normalized spacial score (nSPS) is 12.9. The summed E-state index contributed by atoms with van der Waals surface area (Å²) < 4.78 is 1.21. The molecule has 18 heavy (non-hydrogen) atoms. The number of hydrogen-bond acceptors (Lipinski definition) is 4. The predicted molar refractivity (Wildman–Crippen MR) is 83.5 cm³/mol. The van der Waals surface area contributed by atoms with Gasteiger partial charge in [0, 0.05) is 31.8 Å². The summed E-state index contributed by atoms with van der Waals surface area (Å²) in [6, 6.07) is 2.51. The zero-order valence-electron chi connectivity index (χ0n) is 10.8. The Morgan fingerprint density at radius 3 is 2.72 bits per heavy atom. The summed E-state index contributed by atoms with van der Waals surface area (Å²) in [7, 11) is 0. The maximum absolute atomic E-state index is 4.47. The first kappa shape index (κ1) is 14.2. The van der Waals surface area contributed by atoms with Crippen LogP contribution in [-0.4, -0.2) is 4.98 Å². The standard InChI is InChI=1S/C13H17BrN2S2/c1-4-10-6-16-13(18-10)8(2)15-7-11-5-12(14)9(3)17-11/h5-6,8,15H,4,7H2,1-3H3. The van der Waals surface area contributed by atoms with Crippen molar-refractivity contribution >= 4 is 38.6 Å². The lowest BCUT2D eigenvalue weighted by atomic mass is 10.3. The Balaban J connectivity index is 1.93. The van der Waals surface area contributed by atoms with E-state index in [9.17, 15) is 0 Å². The number of halogens is 1. The minimum absolute atomic E-state index is 0.316. The molecular weight excluding hydrogens is 328 g/mol. The van der Waals surface area contributed by atoms with Crippen molar-refractivity contribution in [2.24, 2.45) is 0 Å². The summed E-state index contributed by atoms with van der Waals surface area (Å²) >= 11 is 7.19. The van der Waals surface area contributed by atoms with E-state index >= 15 is 0 Å². The van der Waals surface area contributed by atoms with Gasteiger partial charge in [0.15, 0.2) is 0 Å². The molecule has 1 unspecified atom stereocenters. The summed E-state index contributed by atoms with van der Waals surface area (Å²) in [5, 5.41) is 4.71. The van der Waals surface area contributed by atoms with E-state index in [-0.39, 0.29) is 0 Å². The lowest BCUT2D eigenvalue weighted by Crippen LogP contribution is -2.17. The Kier molecular flexibility index (Phi) is 4.95. The highest BCUT2D eigenvalue weighted by Gasteiger charge is 2.10. The molecule has 1 atom stereocenters. The Labute approximate surface area is 125 Å². The van der Waals surface area contributed by atoms with Crippen molar-refractivity contribution in [2.75, 3.05) is 0 Å². The van der Waals surface area contributed by atoms with Crippen molar-refractivity contribution in [1.82, 2.24) is 10.3 Å². The van der Waals surface area contributed by atoms with Crippen molar-refractivity contribution in [2.45, 2.75) is 39.8 Å². The molecular formula is C13H17BrN2S2. The fourth-order valence-electron chi connectivity index (χ4n) is 1.63. The molecule has 0 saturated carbocycles. The number of thiophene rings is 1. The zero-order valence-corrected chi connectivity index (χ0v) is 14.0. The molecule has 0 aliphatic rings. The van der Waals surface area contributed by atoms with Gasteiger partial charge in [-0.05, 0) is 42.3 Å². The van der Waals surface area contributed by atoms with E-state index < -0.39 is 0 Å². The third-order valence-corrected chi connectivity index (χ3v) is 6.24. The van der Waals surface area contributed by atoms with Gasteiger partial charge in [-0.25, -0.2) is 4.98 Å². The first-order chi connectivity index (χ1) is 8.60. The second kappa shape index (κ2) is 6.28. The smallest absolute Gasteiger partial charge is 0.109 e. The molecule has 0 aliphatic carbocycles. The second-order valence-electron chi connectivity index (χ2n) is 4.24. The van der Waals surface area contributed by atoms with Gasteiger partial charge in [0.2, 0.25) is 0 Å². The number of nitrogens with zero attached hydrogens (tertiary/aromatic N) is 1. The Hall–Kier alpha value is -0.230. The largest absolute Gasteiger partial charge is 0.303 e. The van der Waals surface area contributed by atoms with Gasteiger partial charge in [-0.3, -0.25) is 0 Å². The molecule has 1 N–H and O–H groups in total. The van der Waals surface area contributed by atoms with Crippen molar-refractivity contribution in [1.29, 1.82) is 0 Å². The summed E-state index contributed by atoms with van der Waals surface area (Å²) in [5.41, 5.74) is 0. The van der Waals surface area contributed by atoms with Crippen molar-refractivity contribution < 1.29 is 0 Å². The molecule has 2 rings (SSSR count). The highest BCUT2D eigenvalue weighted by Crippen LogP contribution is 2.27. The molecule has 0 spiro atoms. The average molecular weight is 345 g/mol. The second-order valence-corrected chi connectivity index (χ2v) is 7.58. The molecule has 2 aromatic heterocycles. The number of aromatic nitrogens is 1. The van der Waals surface area contributed by atoms with Gasteiger partial charge in [0.05, 0.1) is 6.04 Å². The van der Waals surface area contributed by atoms with E-state index in [0.29, 0.717) is 6.04 Å². The number of aryl methyl sites for hydroxylation is 2. The fraction of sp³-hybridized carbons (Fsp3) is 0.462. The first-order valence-corrected chi connectivity index (χ1v) is 8.45. The summed E-state index contributed by atoms with van der Waals surface area (Å²) in [6.07, 6.45) is 3.06. The fourth-order valence-corrected chi connectivity index (χ4v) is 4.07. The SMILES string of the molecule is CCc1cnc(C(C)NCc2cc(Br)c(C)s2)s1. The van der Waals surface area contributed by atoms with Crippen LogP contribution in [0.3, 0.4) is 0 Å². The number of rotatable bonds is 5. The molecule has 2 nitrogen and oxygen atoms in total. The van der Waals surface area contributed by atoms with Gasteiger partial charge in [-0.1, -0.05) is 6.92 Å². The van der Waals surface area contributed by atoms with Crippen LogP contribution < -0.4 is 5.32 Å². The van der Waals surface area contributed by atoms with Gasteiger partial charge >= 0.3 is 0 Å². The van der Waals surface area contributed by atoms with Crippen LogP contribution >= 0.6 is 38.6 Å². The molecule has 0 saturated heterocycles. The molecule has 0 aliphatic heterocycles. The van der Waals surface area contributed by atoms with Gasteiger partial charge in [-0.2, -0.15) is 0 Å². The van der Waals surface area contributed by atoms with Crippen LogP contribution in [0.4, 0.5) is 0 Å². The van der Waals surface area contributed by atoms with Crippen LogP contribution in [0.15, 0.2) is 16.7 Å². The summed E-state index contributed by atoms with van der Waals surface area (Å²) in [4.78, 5) is 8.52. The molecule has 2 aromatic rings. The van der Waals surface area contributed by atoms with Crippen LogP contribution in [-0.2, 0) is 13.0 Å². The molecule has 2 heterocycles. The lowest BCUT2D eigenvalue weighted by molar-refractivity contribution is 0.576. The van der Waals surface area contributed by atoms with Gasteiger partial charge in [0.25, 0.3) is 0 Å². The van der Waals surface area contributed by atoms with Gasteiger partial charge in [-0.15, -0.1) is 22.7 Å².